The van der Waals surface area contributed by atoms with E-state index in [-0.39, 0.29) is 6.61 Å². The first kappa shape index (κ1) is 14.4. The second-order valence-electron chi connectivity index (χ2n) is 4.31. The molecule has 0 amide bonds. The number of nitrogens with one attached hydrogen (secondary N) is 1. The second-order valence-corrected chi connectivity index (χ2v) is 5.16. The van der Waals surface area contributed by atoms with Crippen molar-refractivity contribution >= 4 is 23.2 Å². The number of aliphatic hydroxyl groups is 1. The van der Waals surface area contributed by atoms with Crippen LogP contribution >= 0.6 is 23.2 Å². The highest BCUT2D eigenvalue weighted by Crippen LogP contribution is 2.20. The van der Waals surface area contributed by atoms with Crippen molar-refractivity contribution in [2.75, 3.05) is 0 Å². The highest BCUT2D eigenvalue weighted by molar-refractivity contribution is 6.35. The van der Waals surface area contributed by atoms with Crippen molar-refractivity contribution in [2.24, 2.45) is 0 Å². The molecule has 100 valence electrons. The number of rotatable bonds is 5. The van der Waals surface area contributed by atoms with Crippen LogP contribution in [-0.4, -0.2) is 5.11 Å². The van der Waals surface area contributed by atoms with E-state index in [4.69, 9.17) is 28.3 Å². The Balaban J connectivity index is 1.88. The first-order chi connectivity index (χ1) is 9.19. The Morgan fingerprint density at radius 1 is 0.895 bits per heavy atom. The summed E-state index contributed by atoms with van der Waals surface area (Å²) in [5, 5.41) is 13.6. The zero-order valence-electron chi connectivity index (χ0n) is 10.4. The lowest BCUT2D eigenvalue weighted by atomic mass is 10.1. The summed E-state index contributed by atoms with van der Waals surface area (Å²) < 4.78 is 0. The van der Waals surface area contributed by atoms with Gasteiger partial charge in [-0.25, -0.2) is 0 Å². The molecule has 0 aliphatic heterocycles. The molecule has 4 heteroatoms. The van der Waals surface area contributed by atoms with Crippen LogP contribution in [0.4, 0.5) is 0 Å². The minimum absolute atomic E-state index is 0.0775. The Bertz CT molecular complexity index is 540. The average Bonchev–Trinajstić information content (AvgIpc) is 2.42. The van der Waals surface area contributed by atoms with E-state index >= 15 is 0 Å². The van der Waals surface area contributed by atoms with Gasteiger partial charge in [0.25, 0.3) is 0 Å². The minimum Gasteiger partial charge on any atom is -0.392 e. The van der Waals surface area contributed by atoms with Crippen LogP contribution in [0.1, 0.15) is 16.7 Å². The smallest absolute Gasteiger partial charge is 0.0681 e. The van der Waals surface area contributed by atoms with Gasteiger partial charge in [0, 0.05) is 23.1 Å². The zero-order valence-corrected chi connectivity index (χ0v) is 11.9. The van der Waals surface area contributed by atoms with Crippen LogP contribution < -0.4 is 5.32 Å². The zero-order chi connectivity index (χ0) is 13.7. The summed E-state index contributed by atoms with van der Waals surface area (Å²) in [4.78, 5) is 0. The van der Waals surface area contributed by atoms with Crippen LogP contribution in [0, 0.1) is 0 Å². The van der Waals surface area contributed by atoms with Gasteiger partial charge in [-0.3, -0.25) is 0 Å². The van der Waals surface area contributed by atoms with Crippen molar-refractivity contribution in [3.63, 3.8) is 0 Å². The largest absolute Gasteiger partial charge is 0.392 e. The lowest BCUT2D eigenvalue weighted by Crippen LogP contribution is -2.12. The monoisotopic (exact) mass is 295 g/mol. The van der Waals surface area contributed by atoms with Gasteiger partial charge in [0.1, 0.15) is 0 Å². The van der Waals surface area contributed by atoms with E-state index in [1.165, 1.54) is 5.56 Å². The summed E-state index contributed by atoms with van der Waals surface area (Å²) in [6.45, 7) is 1.52. The molecule has 2 aromatic rings. The molecule has 0 heterocycles. The number of hydrogen-bond acceptors (Lipinski definition) is 2. The predicted molar refractivity (Wildman–Crippen MR) is 79.4 cm³/mol. The minimum atomic E-state index is 0.0775. The Morgan fingerprint density at radius 3 is 2.21 bits per heavy atom. The van der Waals surface area contributed by atoms with Crippen LogP contribution in [0.3, 0.4) is 0 Å². The molecule has 2 nitrogen and oxygen atoms in total. The molecule has 0 saturated carbocycles. The lowest BCUT2D eigenvalue weighted by Gasteiger charge is -2.07. The number of halogens is 2. The lowest BCUT2D eigenvalue weighted by molar-refractivity contribution is 0.282. The molecule has 0 radical (unpaired) electrons. The third kappa shape index (κ3) is 4.22. The molecule has 0 fully saturated rings. The van der Waals surface area contributed by atoms with E-state index in [0.29, 0.717) is 16.6 Å². The van der Waals surface area contributed by atoms with Crippen LogP contribution in [0.25, 0.3) is 0 Å². The van der Waals surface area contributed by atoms with Crippen LogP contribution in [-0.2, 0) is 19.7 Å². The van der Waals surface area contributed by atoms with Gasteiger partial charge in [-0.05, 0) is 28.8 Å². The molecule has 0 saturated heterocycles. The Hall–Kier alpha value is -1.06. The highest BCUT2D eigenvalue weighted by Gasteiger charge is 2.01. The van der Waals surface area contributed by atoms with Gasteiger partial charge in [0.15, 0.2) is 0 Å². The molecule has 2 aromatic carbocycles. The fraction of sp³-hybridized carbons (Fsp3) is 0.200. The molecule has 0 aliphatic rings. The summed E-state index contributed by atoms with van der Waals surface area (Å²) in [7, 11) is 0. The van der Waals surface area contributed by atoms with Crippen LogP contribution in [0.2, 0.25) is 10.0 Å². The second kappa shape index (κ2) is 6.92. The first-order valence-corrected chi connectivity index (χ1v) is 6.78. The van der Waals surface area contributed by atoms with Gasteiger partial charge in [0.05, 0.1) is 6.61 Å². The fourth-order valence-electron chi connectivity index (χ4n) is 1.77. The molecule has 0 unspecified atom stereocenters. The summed E-state index contributed by atoms with van der Waals surface area (Å²) in [5.41, 5.74) is 3.12. The molecule has 19 heavy (non-hydrogen) atoms. The molecule has 0 aliphatic carbocycles. The van der Waals surface area contributed by atoms with Gasteiger partial charge in [-0.1, -0.05) is 53.5 Å². The summed E-state index contributed by atoms with van der Waals surface area (Å²) >= 11 is 11.9. The predicted octanol–water partition coefficient (Wildman–Crippen LogP) is 3.78. The number of hydrogen-bond donors (Lipinski definition) is 2. The molecule has 0 aromatic heterocycles. The third-order valence-electron chi connectivity index (χ3n) is 2.87. The molecule has 2 rings (SSSR count). The van der Waals surface area contributed by atoms with Crippen LogP contribution in [0.5, 0.6) is 0 Å². The summed E-state index contributed by atoms with van der Waals surface area (Å²) in [5.74, 6) is 0. The maximum Gasteiger partial charge on any atom is 0.0681 e. The molecule has 0 atom stereocenters. The Morgan fingerprint density at radius 2 is 1.58 bits per heavy atom. The first-order valence-electron chi connectivity index (χ1n) is 6.02. The number of benzene rings is 2. The van der Waals surface area contributed by atoms with Gasteiger partial charge in [-0.15, -0.1) is 0 Å². The van der Waals surface area contributed by atoms with Crippen molar-refractivity contribution in [2.45, 2.75) is 19.7 Å². The maximum atomic E-state index is 8.97. The van der Waals surface area contributed by atoms with Crippen LogP contribution in [0.15, 0.2) is 42.5 Å². The summed E-state index contributed by atoms with van der Waals surface area (Å²) in [6.07, 6.45) is 0. The summed E-state index contributed by atoms with van der Waals surface area (Å²) in [6, 6.07) is 13.4. The van der Waals surface area contributed by atoms with E-state index in [1.807, 2.05) is 36.4 Å². The molecular weight excluding hydrogens is 281 g/mol. The molecule has 0 spiro atoms. The standard InChI is InChI=1S/C15H15Cl2NO/c16-14-6-5-13(15(17)7-14)9-18-8-11-1-3-12(10-19)4-2-11/h1-7,18-19H,8-10H2. The van der Waals surface area contributed by atoms with Crippen molar-refractivity contribution < 1.29 is 5.11 Å². The van der Waals surface area contributed by atoms with Gasteiger partial charge in [0.2, 0.25) is 0 Å². The SMILES string of the molecule is OCc1ccc(CNCc2ccc(Cl)cc2Cl)cc1. The number of aliphatic hydroxyl groups excluding tert-OH is 1. The fourth-order valence-corrected chi connectivity index (χ4v) is 2.24. The Labute approximate surface area is 123 Å². The van der Waals surface area contributed by atoms with E-state index in [1.54, 1.807) is 6.07 Å². The molecule has 2 N–H and O–H groups in total. The highest BCUT2D eigenvalue weighted by atomic mass is 35.5. The van der Waals surface area contributed by atoms with E-state index < -0.39 is 0 Å². The van der Waals surface area contributed by atoms with Crippen molar-refractivity contribution in [3.8, 4) is 0 Å². The van der Waals surface area contributed by atoms with E-state index in [2.05, 4.69) is 5.32 Å². The van der Waals surface area contributed by atoms with Gasteiger partial charge < -0.3 is 10.4 Å². The molecular formula is C15H15Cl2NO. The van der Waals surface area contributed by atoms with Gasteiger partial charge in [-0.2, -0.15) is 0 Å². The van der Waals surface area contributed by atoms with E-state index in [9.17, 15) is 0 Å². The Kier molecular flexibility index (Phi) is 5.23. The average molecular weight is 296 g/mol. The third-order valence-corrected chi connectivity index (χ3v) is 3.45. The quantitative estimate of drug-likeness (QED) is 0.880. The normalized spacial score (nSPS) is 10.7. The van der Waals surface area contributed by atoms with Crippen molar-refractivity contribution in [1.29, 1.82) is 0 Å². The maximum absolute atomic E-state index is 8.97. The molecule has 0 bridgehead atoms. The van der Waals surface area contributed by atoms with Gasteiger partial charge >= 0.3 is 0 Å². The van der Waals surface area contributed by atoms with E-state index in [0.717, 1.165) is 17.7 Å². The van der Waals surface area contributed by atoms with Crippen molar-refractivity contribution in [1.82, 2.24) is 5.32 Å². The van der Waals surface area contributed by atoms with Crippen molar-refractivity contribution in [3.05, 3.63) is 69.2 Å². The topological polar surface area (TPSA) is 32.3 Å².